The van der Waals surface area contributed by atoms with Crippen LogP contribution in [0.25, 0.3) is 0 Å². The molecule has 0 radical (unpaired) electrons. The molecule has 5 heteroatoms. The minimum Gasteiger partial charge on any atom is -0.457 e. The number of rotatable bonds is 4. The standard InChI is InChI=1S/C15H16Cl2O3/c1-9-4-5-11(6-10(9)2)12(18)7-20-13(19)14(3)8-15(14,16)17/h4-6H,7-8H2,1-3H3/t14-/m1/s1. The maximum absolute atomic E-state index is 12.0. The van der Waals surface area contributed by atoms with Gasteiger partial charge in [0.15, 0.2) is 12.4 Å². The van der Waals surface area contributed by atoms with Crippen LogP contribution in [0, 0.1) is 19.3 Å². The molecule has 1 fully saturated rings. The van der Waals surface area contributed by atoms with E-state index in [9.17, 15) is 9.59 Å². The molecule has 0 heterocycles. The summed E-state index contributed by atoms with van der Waals surface area (Å²) < 4.78 is 3.96. The van der Waals surface area contributed by atoms with E-state index in [-0.39, 0.29) is 12.4 Å². The second-order valence-electron chi connectivity index (χ2n) is 5.51. The lowest BCUT2D eigenvalue weighted by Gasteiger charge is -2.11. The van der Waals surface area contributed by atoms with E-state index >= 15 is 0 Å². The van der Waals surface area contributed by atoms with Crippen LogP contribution < -0.4 is 0 Å². The van der Waals surface area contributed by atoms with E-state index in [1.807, 2.05) is 19.9 Å². The average Bonchev–Trinajstić information content (AvgIpc) is 2.90. The molecule has 3 nitrogen and oxygen atoms in total. The van der Waals surface area contributed by atoms with Crippen LogP contribution in [0.3, 0.4) is 0 Å². The number of ether oxygens (including phenoxy) is 1. The van der Waals surface area contributed by atoms with E-state index in [0.29, 0.717) is 12.0 Å². The highest BCUT2D eigenvalue weighted by atomic mass is 35.5. The van der Waals surface area contributed by atoms with Gasteiger partial charge in [0.2, 0.25) is 0 Å². The van der Waals surface area contributed by atoms with Crippen molar-refractivity contribution in [3.05, 3.63) is 34.9 Å². The Morgan fingerprint density at radius 3 is 2.35 bits per heavy atom. The summed E-state index contributed by atoms with van der Waals surface area (Å²) in [6, 6.07) is 5.39. The van der Waals surface area contributed by atoms with Crippen molar-refractivity contribution in [2.45, 2.75) is 31.5 Å². The lowest BCUT2D eigenvalue weighted by atomic mass is 10.0. The van der Waals surface area contributed by atoms with Gasteiger partial charge in [-0.1, -0.05) is 12.1 Å². The zero-order valence-electron chi connectivity index (χ0n) is 11.6. The monoisotopic (exact) mass is 314 g/mol. The fraction of sp³-hybridized carbons (Fsp3) is 0.467. The third-order valence-corrected chi connectivity index (χ3v) is 4.97. The smallest absolute Gasteiger partial charge is 0.315 e. The summed E-state index contributed by atoms with van der Waals surface area (Å²) in [5.41, 5.74) is 1.76. The summed E-state index contributed by atoms with van der Waals surface area (Å²) in [5.74, 6) is -0.764. The van der Waals surface area contributed by atoms with Gasteiger partial charge >= 0.3 is 5.97 Å². The van der Waals surface area contributed by atoms with Gasteiger partial charge in [0.25, 0.3) is 0 Å². The molecule has 0 saturated heterocycles. The number of alkyl halides is 2. The Morgan fingerprint density at radius 1 is 1.25 bits per heavy atom. The van der Waals surface area contributed by atoms with Gasteiger partial charge in [-0.25, -0.2) is 0 Å². The zero-order chi connectivity index (χ0) is 15.1. The number of aryl methyl sites for hydroxylation is 2. The van der Waals surface area contributed by atoms with E-state index in [2.05, 4.69) is 0 Å². The molecular weight excluding hydrogens is 299 g/mol. The molecule has 0 N–H and O–H groups in total. The number of benzene rings is 1. The van der Waals surface area contributed by atoms with Crippen molar-refractivity contribution in [1.29, 1.82) is 0 Å². The topological polar surface area (TPSA) is 43.4 Å². The molecule has 1 aliphatic rings. The zero-order valence-corrected chi connectivity index (χ0v) is 13.1. The number of carbonyl (C=O) groups excluding carboxylic acids is 2. The lowest BCUT2D eigenvalue weighted by Crippen LogP contribution is -2.24. The van der Waals surface area contributed by atoms with Crippen molar-refractivity contribution in [2.24, 2.45) is 5.41 Å². The Hall–Kier alpha value is -1.06. The predicted molar refractivity (Wildman–Crippen MR) is 78.4 cm³/mol. The van der Waals surface area contributed by atoms with E-state index in [4.69, 9.17) is 27.9 Å². The number of hydrogen-bond donors (Lipinski definition) is 0. The van der Waals surface area contributed by atoms with Crippen molar-refractivity contribution >= 4 is 35.0 Å². The highest BCUT2D eigenvalue weighted by molar-refractivity contribution is 6.53. The van der Waals surface area contributed by atoms with Gasteiger partial charge < -0.3 is 4.74 Å². The minimum absolute atomic E-state index is 0.236. The molecule has 1 aromatic rings. The normalized spacial score (nSPS) is 23.2. The first-order chi connectivity index (χ1) is 9.17. The van der Waals surface area contributed by atoms with Crippen LogP contribution in [-0.2, 0) is 9.53 Å². The van der Waals surface area contributed by atoms with Crippen LogP contribution in [0.2, 0.25) is 0 Å². The van der Waals surface area contributed by atoms with Gasteiger partial charge in [0.05, 0.1) is 0 Å². The molecule has 0 aliphatic heterocycles. The Kier molecular flexibility index (Phi) is 3.87. The number of carbonyl (C=O) groups is 2. The predicted octanol–water partition coefficient (Wildman–Crippen LogP) is 3.61. The summed E-state index contributed by atoms with van der Waals surface area (Å²) in [5, 5.41) is 0. The highest BCUT2D eigenvalue weighted by Crippen LogP contribution is 2.64. The quantitative estimate of drug-likeness (QED) is 0.484. The van der Waals surface area contributed by atoms with Crippen molar-refractivity contribution in [3.63, 3.8) is 0 Å². The highest BCUT2D eigenvalue weighted by Gasteiger charge is 2.69. The maximum atomic E-state index is 12.0. The van der Waals surface area contributed by atoms with Gasteiger partial charge in [0.1, 0.15) is 9.75 Å². The molecule has 108 valence electrons. The molecule has 0 spiro atoms. The molecule has 2 rings (SSSR count). The number of ketones is 1. The van der Waals surface area contributed by atoms with Gasteiger partial charge in [0, 0.05) is 12.0 Å². The maximum Gasteiger partial charge on any atom is 0.315 e. The largest absolute Gasteiger partial charge is 0.457 e. The van der Waals surface area contributed by atoms with E-state index in [0.717, 1.165) is 11.1 Å². The molecule has 20 heavy (non-hydrogen) atoms. The molecule has 1 saturated carbocycles. The van der Waals surface area contributed by atoms with Gasteiger partial charge in [-0.3, -0.25) is 9.59 Å². The number of hydrogen-bond acceptors (Lipinski definition) is 3. The third kappa shape index (κ3) is 2.70. The van der Waals surface area contributed by atoms with Crippen molar-refractivity contribution in [3.8, 4) is 0 Å². The van der Waals surface area contributed by atoms with E-state index < -0.39 is 15.7 Å². The van der Waals surface area contributed by atoms with Gasteiger partial charge in [-0.15, -0.1) is 23.2 Å². The summed E-state index contributed by atoms with van der Waals surface area (Å²) in [7, 11) is 0. The molecule has 1 aliphatic carbocycles. The first-order valence-corrected chi connectivity index (χ1v) is 7.08. The fourth-order valence-electron chi connectivity index (χ4n) is 1.91. The van der Waals surface area contributed by atoms with Gasteiger partial charge in [-0.05, 0) is 38.0 Å². The first-order valence-electron chi connectivity index (χ1n) is 6.33. The average molecular weight is 315 g/mol. The summed E-state index contributed by atoms with van der Waals surface area (Å²) in [6.45, 7) is 5.24. The van der Waals surface area contributed by atoms with E-state index in [1.54, 1.807) is 19.1 Å². The Bertz CT molecular complexity index is 580. The molecule has 0 bridgehead atoms. The summed E-state index contributed by atoms with van der Waals surface area (Å²) in [4.78, 5) is 23.8. The molecule has 1 atom stereocenters. The fourth-order valence-corrected chi connectivity index (χ4v) is 2.60. The van der Waals surface area contributed by atoms with Gasteiger partial charge in [-0.2, -0.15) is 0 Å². The lowest BCUT2D eigenvalue weighted by molar-refractivity contribution is -0.148. The molecule has 0 amide bonds. The van der Waals surface area contributed by atoms with Crippen molar-refractivity contribution in [2.75, 3.05) is 6.61 Å². The second-order valence-corrected chi connectivity index (χ2v) is 7.00. The minimum atomic E-state index is -1.08. The number of Topliss-reactive ketones (excluding diaryl/α,β-unsaturated/α-hetero) is 1. The summed E-state index contributed by atoms with van der Waals surface area (Å²) >= 11 is 11.8. The van der Waals surface area contributed by atoms with E-state index in [1.165, 1.54) is 0 Å². The van der Waals surface area contributed by atoms with Crippen LogP contribution in [0.4, 0.5) is 0 Å². The van der Waals surface area contributed by atoms with Crippen LogP contribution in [0.15, 0.2) is 18.2 Å². The van der Waals surface area contributed by atoms with Crippen LogP contribution in [-0.4, -0.2) is 22.7 Å². The van der Waals surface area contributed by atoms with Crippen LogP contribution >= 0.6 is 23.2 Å². The Balaban J connectivity index is 1.96. The Morgan fingerprint density at radius 2 is 1.85 bits per heavy atom. The Labute approximate surface area is 128 Å². The first kappa shape index (κ1) is 15.3. The molecule has 0 aromatic heterocycles. The second kappa shape index (κ2) is 5.05. The third-order valence-electron chi connectivity index (χ3n) is 3.87. The summed E-state index contributed by atoms with van der Waals surface area (Å²) in [6.07, 6.45) is 0.347. The van der Waals surface area contributed by atoms with Crippen molar-refractivity contribution < 1.29 is 14.3 Å². The van der Waals surface area contributed by atoms with Crippen molar-refractivity contribution in [1.82, 2.24) is 0 Å². The SMILES string of the molecule is Cc1ccc(C(=O)COC(=O)[C@@]2(C)CC2(Cl)Cl)cc1C. The molecule has 1 aromatic carbocycles. The number of esters is 1. The van der Waals surface area contributed by atoms with Crippen LogP contribution in [0.5, 0.6) is 0 Å². The molecular formula is C15H16Cl2O3. The molecule has 0 unspecified atom stereocenters. The van der Waals surface area contributed by atoms with Crippen LogP contribution in [0.1, 0.15) is 34.8 Å². The number of halogens is 2.